The fourth-order valence-electron chi connectivity index (χ4n) is 2.39. The van der Waals surface area contributed by atoms with Crippen LogP contribution in [0.3, 0.4) is 0 Å². The van der Waals surface area contributed by atoms with Crippen LogP contribution in [0.1, 0.15) is 29.6 Å². The Balaban J connectivity index is 2.14. The van der Waals surface area contributed by atoms with E-state index in [1.807, 2.05) is 0 Å². The minimum atomic E-state index is -1.11. The van der Waals surface area contributed by atoms with Gasteiger partial charge in [0.15, 0.2) is 11.6 Å². The highest BCUT2D eigenvalue weighted by Crippen LogP contribution is 2.26. The summed E-state index contributed by atoms with van der Waals surface area (Å²) >= 11 is 5.74. The molecule has 2 N–H and O–H groups in total. The number of rotatable bonds is 3. The van der Waals surface area contributed by atoms with Crippen LogP contribution in [0.25, 0.3) is 0 Å². The van der Waals surface area contributed by atoms with Crippen LogP contribution in [0.15, 0.2) is 12.1 Å². The number of benzene rings is 1. The quantitative estimate of drug-likeness (QED) is 0.840. The molecule has 3 nitrogen and oxygen atoms in total. The van der Waals surface area contributed by atoms with E-state index in [9.17, 15) is 13.6 Å². The summed E-state index contributed by atoms with van der Waals surface area (Å²) in [7, 11) is 0. The van der Waals surface area contributed by atoms with Crippen molar-refractivity contribution < 1.29 is 18.7 Å². The van der Waals surface area contributed by atoms with Crippen molar-refractivity contribution in [2.75, 3.05) is 6.61 Å². The van der Waals surface area contributed by atoms with Crippen molar-refractivity contribution in [2.45, 2.75) is 25.3 Å². The Bertz CT molecular complexity index is 496. The van der Waals surface area contributed by atoms with E-state index < -0.39 is 17.5 Å². The highest BCUT2D eigenvalue weighted by molar-refractivity contribution is 6.33. The zero-order valence-corrected chi connectivity index (χ0v) is 10.9. The van der Waals surface area contributed by atoms with Crippen LogP contribution in [-0.4, -0.2) is 23.7 Å². The van der Waals surface area contributed by atoms with Crippen LogP contribution in [0.2, 0.25) is 5.02 Å². The van der Waals surface area contributed by atoms with Gasteiger partial charge in [0.2, 0.25) is 0 Å². The standard InChI is InChI=1S/C13H14ClF2NO2/c14-9-5-11(16)10(15)4-8(9)13(19)17-12-3-1-2-7(12)6-18/h4-5,7,12,18H,1-3,6H2,(H,17,19). The van der Waals surface area contributed by atoms with Crippen LogP contribution in [0.5, 0.6) is 0 Å². The number of carbonyl (C=O) groups excluding carboxylic acids is 1. The molecule has 1 aromatic rings. The molecule has 1 saturated carbocycles. The van der Waals surface area contributed by atoms with Crippen molar-refractivity contribution in [1.82, 2.24) is 5.32 Å². The molecule has 0 radical (unpaired) electrons. The third-order valence-electron chi connectivity index (χ3n) is 3.46. The van der Waals surface area contributed by atoms with Gasteiger partial charge in [-0.3, -0.25) is 4.79 Å². The summed E-state index contributed by atoms with van der Waals surface area (Å²) in [5.74, 6) is -2.74. The van der Waals surface area contributed by atoms with Gasteiger partial charge in [0.05, 0.1) is 10.6 Å². The van der Waals surface area contributed by atoms with Gasteiger partial charge in [-0.05, 0) is 25.0 Å². The second kappa shape index (κ2) is 5.84. The molecule has 1 aliphatic rings. The summed E-state index contributed by atoms with van der Waals surface area (Å²) < 4.78 is 26.0. The molecule has 19 heavy (non-hydrogen) atoms. The molecule has 0 heterocycles. The third kappa shape index (κ3) is 3.04. The lowest BCUT2D eigenvalue weighted by Crippen LogP contribution is -2.38. The molecule has 1 aromatic carbocycles. The van der Waals surface area contributed by atoms with E-state index in [1.54, 1.807) is 0 Å². The molecule has 1 amide bonds. The summed E-state index contributed by atoms with van der Waals surface area (Å²) in [6.07, 6.45) is 2.52. The topological polar surface area (TPSA) is 49.3 Å². The van der Waals surface area contributed by atoms with Crippen molar-refractivity contribution in [3.8, 4) is 0 Å². The Kier molecular flexibility index (Phi) is 4.37. The van der Waals surface area contributed by atoms with Gasteiger partial charge in [-0.2, -0.15) is 0 Å². The van der Waals surface area contributed by atoms with Crippen LogP contribution < -0.4 is 5.32 Å². The lowest BCUT2D eigenvalue weighted by atomic mass is 10.0. The molecule has 2 atom stereocenters. The minimum Gasteiger partial charge on any atom is -0.396 e. The second-order valence-electron chi connectivity index (χ2n) is 4.70. The van der Waals surface area contributed by atoms with E-state index in [2.05, 4.69) is 5.32 Å². The number of carbonyl (C=O) groups is 1. The average molecular weight is 290 g/mol. The molecule has 1 aliphatic carbocycles. The zero-order chi connectivity index (χ0) is 14.0. The Hall–Kier alpha value is -1.20. The van der Waals surface area contributed by atoms with Crippen LogP contribution >= 0.6 is 11.6 Å². The largest absolute Gasteiger partial charge is 0.396 e. The molecule has 0 bridgehead atoms. The highest BCUT2D eigenvalue weighted by atomic mass is 35.5. The van der Waals surface area contributed by atoms with Crippen molar-refractivity contribution in [1.29, 1.82) is 0 Å². The molecule has 0 aliphatic heterocycles. The van der Waals surface area contributed by atoms with Crippen molar-refractivity contribution in [2.24, 2.45) is 5.92 Å². The number of hydrogen-bond donors (Lipinski definition) is 2. The predicted octanol–water partition coefficient (Wildman–Crippen LogP) is 2.51. The second-order valence-corrected chi connectivity index (χ2v) is 5.11. The van der Waals surface area contributed by atoms with Crippen LogP contribution in [0.4, 0.5) is 8.78 Å². The number of aliphatic hydroxyl groups excluding tert-OH is 1. The first-order chi connectivity index (χ1) is 9.02. The molecule has 1 fully saturated rings. The predicted molar refractivity (Wildman–Crippen MR) is 67.0 cm³/mol. The maximum absolute atomic E-state index is 13.1. The third-order valence-corrected chi connectivity index (χ3v) is 3.78. The zero-order valence-electron chi connectivity index (χ0n) is 10.1. The minimum absolute atomic E-state index is 0.00351. The fraction of sp³-hybridized carbons (Fsp3) is 0.462. The molecule has 104 valence electrons. The molecular weight excluding hydrogens is 276 g/mol. The number of halogens is 3. The van der Waals surface area contributed by atoms with Gasteiger partial charge in [-0.1, -0.05) is 18.0 Å². The van der Waals surface area contributed by atoms with Crippen molar-refractivity contribution in [3.05, 3.63) is 34.4 Å². The van der Waals surface area contributed by atoms with E-state index in [-0.39, 0.29) is 29.2 Å². The number of nitrogens with one attached hydrogen (secondary N) is 1. The van der Waals surface area contributed by atoms with Gasteiger partial charge in [-0.25, -0.2) is 8.78 Å². The Morgan fingerprint density at radius 1 is 1.37 bits per heavy atom. The fourth-order valence-corrected chi connectivity index (χ4v) is 2.62. The van der Waals surface area contributed by atoms with Gasteiger partial charge < -0.3 is 10.4 Å². The van der Waals surface area contributed by atoms with E-state index in [0.29, 0.717) is 0 Å². The normalized spacial score (nSPS) is 22.5. The van der Waals surface area contributed by atoms with E-state index in [4.69, 9.17) is 16.7 Å². The van der Waals surface area contributed by atoms with E-state index in [0.717, 1.165) is 31.4 Å². The van der Waals surface area contributed by atoms with Gasteiger partial charge in [0.1, 0.15) is 0 Å². The molecule has 2 unspecified atom stereocenters. The number of hydrogen-bond acceptors (Lipinski definition) is 2. The Morgan fingerprint density at radius 3 is 2.74 bits per heavy atom. The van der Waals surface area contributed by atoms with Gasteiger partial charge in [0, 0.05) is 18.6 Å². The summed E-state index contributed by atoms with van der Waals surface area (Å²) in [6, 6.07) is 1.42. The highest BCUT2D eigenvalue weighted by Gasteiger charge is 2.28. The smallest absolute Gasteiger partial charge is 0.253 e. The Labute approximate surface area is 114 Å². The first kappa shape index (κ1) is 14.2. The molecule has 0 saturated heterocycles. The maximum atomic E-state index is 13.1. The van der Waals surface area contributed by atoms with Gasteiger partial charge in [-0.15, -0.1) is 0 Å². The first-order valence-corrected chi connectivity index (χ1v) is 6.47. The van der Waals surface area contributed by atoms with Crippen molar-refractivity contribution in [3.63, 3.8) is 0 Å². The molecular formula is C13H14ClF2NO2. The Morgan fingerprint density at radius 2 is 2.05 bits per heavy atom. The summed E-state index contributed by atoms with van der Waals surface area (Å²) in [5, 5.41) is 11.7. The summed E-state index contributed by atoms with van der Waals surface area (Å²) in [6.45, 7) is -0.00351. The number of amides is 1. The van der Waals surface area contributed by atoms with Gasteiger partial charge >= 0.3 is 0 Å². The average Bonchev–Trinajstić information content (AvgIpc) is 2.80. The molecule has 0 aromatic heterocycles. The van der Waals surface area contributed by atoms with E-state index >= 15 is 0 Å². The maximum Gasteiger partial charge on any atom is 0.253 e. The first-order valence-electron chi connectivity index (χ1n) is 6.09. The lowest BCUT2D eigenvalue weighted by molar-refractivity contribution is 0.0915. The van der Waals surface area contributed by atoms with Crippen LogP contribution in [0, 0.1) is 17.6 Å². The number of aliphatic hydroxyl groups is 1. The molecule has 6 heteroatoms. The monoisotopic (exact) mass is 289 g/mol. The van der Waals surface area contributed by atoms with Crippen molar-refractivity contribution >= 4 is 17.5 Å². The van der Waals surface area contributed by atoms with E-state index in [1.165, 1.54) is 0 Å². The lowest BCUT2D eigenvalue weighted by Gasteiger charge is -2.19. The SMILES string of the molecule is O=C(NC1CCCC1CO)c1cc(F)c(F)cc1Cl. The summed E-state index contributed by atoms with van der Waals surface area (Å²) in [5.41, 5.74) is -0.0934. The van der Waals surface area contributed by atoms with Gasteiger partial charge in [0.25, 0.3) is 5.91 Å². The van der Waals surface area contributed by atoms with Crippen LogP contribution in [-0.2, 0) is 0 Å². The molecule has 2 rings (SSSR count). The molecule has 0 spiro atoms. The summed E-state index contributed by atoms with van der Waals surface area (Å²) in [4.78, 5) is 12.0.